The van der Waals surface area contributed by atoms with Gasteiger partial charge in [-0.05, 0) is 0 Å². The minimum atomic E-state index is 0. The second kappa shape index (κ2) is 472. The van der Waals surface area contributed by atoms with E-state index in [2.05, 4.69) is 0 Å². The summed E-state index contributed by atoms with van der Waals surface area (Å²) in [6.45, 7) is 0. The van der Waals surface area contributed by atoms with Crippen molar-refractivity contribution in [1.29, 1.82) is 0 Å². The van der Waals surface area contributed by atoms with Crippen LogP contribution in [0.2, 0.25) is 0 Å². The quantitative estimate of drug-likeness (QED) is 0.160. The van der Waals surface area contributed by atoms with E-state index < -0.39 is 0 Å². The number of halogens is 3. The molecule has 127 valence electrons. The third-order valence-electron chi connectivity index (χ3n) is 0. The molecule has 0 spiro atoms. The molecule has 0 aromatic rings. The molecule has 0 rings (SSSR count). The molecule has 18 heteroatoms. The van der Waals surface area contributed by atoms with Crippen LogP contribution in [0, 0.1) is 30.3 Å². The van der Waals surface area contributed by atoms with Crippen LogP contribution in [-0.4, -0.2) is 0 Å². The molecule has 0 aromatic heterocycles. The van der Waals surface area contributed by atoms with Crippen molar-refractivity contribution in [2.75, 3.05) is 0 Å². The van der Waals surface area contributed by atoms with Gasteiger partial charge in [0.25, 0.3) is 0 Å². The van der Waals surface area contributed by atoms with Gasteiger partial charge in [0, 0.05) is 36.6 Å². The van der Waals surface area contributed by atoms with E-state index in [1.54, 1.807) is 0 Å². The molecular weight excluding hydrogens is 550 g/mol. The van der Waals surface area contributed by atoms with E-state index in [1.807, 2.05) is 0 Å². The molecule has 0 unspecified atom stereocenters. The maximum absolute atomic E-state index is 8.00. The van der Waals surface area contributed by atoms with Gasteiger partial charge >= 0.3 is 0 Å². The van der Waals surface area contributed by atoms with Gasteiger partial charge in [-0.3, -0.25) is 0 Å². The standard InChI is InChI=1S/3ClH.Co.3HNO2.4H3N.Os/c;;;;3*2-1-3;;;;;/h3*1H;;3*(H,2,3);4*1H3;/p-6. The summed E-state index contributed by atoms with van der Waals surface area (Å²) in [6, 6.07) is 0. The van der Waals surface area contributed by atoms with E-state index in [0.717, 1.165) is 16.0 Å². The van der Waals surface area contributed by atoms with Crippen molar-refractivity contribution in [1.82, 2.24) is 24.6 Å². The first-order valence-corrected chi connectivity index (χ1v) is 1.10. The van der Waals surface area contributed by atoms with Crippen molar-refractivity contribution >= 4 is 0 Å². The minimum absolute atomic E-state index is 0. The monoisotopic (exact) mass is 562 g/mol. The molecule has 0 saturated carbocycles. The van der Waals surface area contributed by atoms with Gasteiger partial charge in [-0.1, -0.05) is 0 Å². The molecule has 0 aliphatic carbocycles. The minimum Gasteiger partial charge on any atom is -1.00 e. The van der Waals surface area contributed by atoms with Crippen LogP contribution in [0.15, 0.2) is 16.0 Å². The molecule has 0 aliphatic rings. The molecule has 0 fully saturated rings. The van der Waals surface area contributed by atoms with E-state index in [-0.39, 0.29) is 98.4 Å². The fourth-order valence-electron chi connectivity index (χ4n) is 0. The van der Waals surface area contributed by atoms with E-state index in [4.69, 9.17) is 30.3 Å². The van der Waals surface area contributed by atoms with Crippen LogP contribution in [0.1, 0.15) is 0 Å². The van der Waals surface area contributed by atoms with Gasteiger partial charge in [0.1, 0.15) is 0 Å². The molecule has 18 heavy (non-hydrogen) atoms. The Bertz CT molecular complexity index is 71.9. The summed E-state index contributed by atoms with van der Waals surface area (Å²) in [5.74, 6) is 0. The predicted molar refractivity (Wildman–Crippen MR) is 47.6 cm³/mol. The average Bonchev–Trinajstić information content (AvgIpc) is 1.70. The second-order valence-electron chi connectivity index (χ2n) is 0.224. The number of hydrogen-bond acceptors (Lipinski definition) is 13. The number of rotatable bonds is 0. The Labute approximate surface area is 144 Å². The van der Waals surface area contributed by atoms with Crippen LogP contribution in [0.5, 0.6) is 0 Å². The van der Waals surface area contributed by atoms with Crippen molar-refractivity contribution in [3.8, 4) is 0 Å². The SMILES string of the molecule is N.N.N.N.O=N[O-].O=N[O-].O=N[O-].[Cl-].[Cl-].[Cl-].[Co].[Os]. The maximum Gasteiger partial charge on any atom is 0 e. The molecule has 0 aliphatic heterocycles. The van der Waals surface area contributed by atoms with E-state index in [1.165, 1.54) is 0 Å². The Hall–Kier alpha value is 0.0529. The topological polar surface area (TPSA) is 297 Å². The Morgan fingerprint density at radius 1 is 0.556 bits per heavy atom. The van der Waals surface area contributed by atoms with Gasteiger partial charge in [0.15, 0.2) is 0 Å². The zero-order chi connectivity index (χ0) is 8.12. The molecule has 0 bridgehead atoms. The summed E-state index contributed by atoms with van der Waals surface area (Å²) < 4.78 is 0. The van der Waals surface area contributed by atoms with Crippen LogP contribution in [0.25, 0.3) is 0 Å². The number of nitrogens with zero attached hydrogens (tertiary/aromatic N) is 3. The van der Waals surface area contributed by atoms with Crippen LogP contribution in [0.3, 0.4) is 0 Å². The first-order valence-electron chi connectivity index (χ1n) is 1.10. The zero-order valence-corrected chi connectivity index (χ0v) is 14.3. The first-order chi connectivity index (χ1) is 4.24. The van der Waals surface area contributed by atoms with E-state index in [9.17, 15) is 0 Å². The fourth-order valence-corrected chi connectivity index (χ4v) is 0. The molecule has 13 nitrogen and oxygen atoms in total. The van der Waals surface area contributed by atoms with E-state index in [0.29, 0.717) is 0 Å². The van der Waals surface area contributed by atoms with Gasteiger partial charge in [-0.15, -0.1) is 16.0 Å². The largest absolute Gasteiger partial charge is 1.00 e. The summed E-state index contributed by atoms with van der Waals surface area (Å²) in [5.41, 5.74) is 0. The summed E-state index contributed by atoms with van der Waals surface area (Å²) in [5, 5.41) is 27.0. The van der Waals surface area contributed by atoms with Gasteiger partial charge < -0.3 is 92.2 Å². The molecular formula is H12Cl3CoN7O6Os-6. The predicted octanol–water partition coefficient (Wildman–Crippen LogP) is -7.59. The summed E-state index contributed by atoms with van der Waals surface area (Å²) in [6.07, 6.45) is 0. The van der Waals surface area contributed by atoms with Crippen LogP contribution in [0.4, 0.5) is 0 Å². The Morgan fingerprint density at radius 2 is 0.556 bits per heavy atom. The van der Waals surface area contributed by atoms with Crippen LogP contribution >= 0.6 is 0 Å². The maximum atomic E-state index is 8.00. The van der Waals surface area contributed by atoms with Crippen molar-refractivity contribution in [2.24, 2.45) is 16.0 Å². The number of hydrogen-bond donors (Lipinski definition) is 4. The van der Waals surface area contributed by atoms with Gasteiger partial charge in [0.05, 0.1) is 0 Å². The van der Waals surface area contributed by atoms with Gasteiger partial charge in [-0.25, -0.2) is 0 Å². The second-order valence-corrected chi connectivity index (χ2v) is 0.224. The molecule has 0 atom stereocenters. The third kappa shape index (κ3) is 1300000. The smallest absolute Gasteiger partial charge is 0 e. The summed E-state index contributed by atoms with van der Waals surface area (Å²) in [7, 11) is 0. The van der Waals surface area contributed by atoms with Crippen molar-refractivity contribution in [2.45, 2.75) is 0 Å². The van der Waals surface area contributed by atoms with Crippen molar-refractivity contribution in [3.63, 3.8) is 0 Å². The third-order valence-corrected chi connectivity index (χ3v) is 0. The molecule has 0 saturated heterocycles. The van der Waals surface area contributed by atoms with Gasteiger partial charge in [-0.2, -0.15) is 0 Å². The molecule has 0 heterocycles. The first kappa shape index (κ1) is 143. The van der Waals surface area contributed by atoms with Crippen molar-refractivity contribution < 1.29 is 73.8 Å². The molecule has 12 N–H and O–H groups in total. The molecule has 1 radical (unpaired) electrons. The van der Waals surface area contributed by atoms with Crippen LogP contribution in [-0.2, 0) is 36.6 Å². The molecule has 0 aromatic carbocycles. The Morgan fingerprint density at radius 3 is 0.556 bits per heavy atom. The zero-order valence-electron chi connectivity index (χ0n) is 8.44. The van der Waals surface area contributed by atoms with E-state index >= 15 is 0 Å². The Kier molecular flexibility index (Phi) is 3750. The van der Waals surface area contributed by atoms with Crippen molar-refractivity contribution in [3.05, 3.63) is 30.3 Å². The average molecular weight is 562 g/mol. The normalized spacial score (nSPS) is 2.00. The summed E-state index contributed by atoms with van der Waals surface area (Å²) >= 11 is 0. The Balaban J connectivity index is -0.00000000240. The van der Waals surface area contributed by atoms with Crippen LogP contribution < -0.4 is 61.8 Å². The fraction of sp³-hybridized carbons (Fsp3) is 0. The molecule has 0 amide bonds. The summed E-state index contributed by atoms with van der Waals surface area (Å²) in [4.78, 5) is 24.0. The van der Waals surface area contributed by atoms with Gasteiger partial charge in [0.2, 0.25) is 0 Å².